The Kier molecular flexibility index (Phi) is 3.61. The summed E-state index contributed by atoms with van der Waals surface area (Å²) >= 11 is 0. The third-order valence-corrected chi connectivity index (χ3v) is 4.34. The Morgan fingerprint density at radius 3 is 2.80 bits per heavy atom. The van der Waals surface area contributed by atoms with Crippen molar-refractivity contribution in [1.29, 1.82) is 0 Å². The molecule has 3 rings (SSSR count). The highest BCUT2D eigenvalue weighted by Crippen LogP contribution is 2.32. The number of hydrogen-bond donors (Lipinski definition) is 2. The summed E-state index contributed by atoms with van der Waals surface area (Å²) < 4.78 is 5.87. The van der Waals surface area contributed by atoms with E-state index in [1.807, 2.05) is 6.07 Å². The number of amides is 1. The van der Waals surface area contributed by atoms with Crippen LogP contribution in [-0.2, 0) is 12.8 Å². The molecule has 1 heterocycles. The molecule has 2 aliphatic rings. The minimum absolute atomic E-state index is 0.121. The van der Waals surface area contributed by atoms with Crippen LogP contribution in [0.5, 0.6) is 5.88 Å². The summed E-state index contributed by atoms with van der Waals surface area (Å²) in [6, 6.07) is 1.87. The molecule has 0 radical (unpaired) electrons. The second-order valence-electron chi connectivity index (χ2n) is 5.83. The van der Waals surface area contributed by atoms with Crippen molar-refractivity contribution in [3.8, 4) is 5.88 Å². The fourth-order valence-electron chi connectivity index (χ4n) is 3.00. The molecule has 4 N–H and O–H groups in total. The van der Waals surface area contributed by atoms with Crippen molar-refractivity contribution in [3.63, 3.8) is 0 Å². The Labute approximate surface area is 118 Å². The predicted octanol–water partition coefficient (Wildman–Crippen LogP) is 1.18. The van der Waals surface area contributed by atoms with E-state index in [2.05, 4.69) is 4.98 Å². The quantitative estimate of drug-likeness (QED) is 0.863. The molecule has 0 unspecified atom stereocenters. The van der Waals surface area contributed by atoms with Crippen molar-refractivity contribution in [3.05, 3.63) is 22.9 Å². The van der Waals surface area contributed by atoms with E-state index >= 15 is 0 Å². The molecule has 0 spiro atoms. The molecule has 0 aromatic carbocycles. The van der Waals surface area contributed by atoms with Crippen molar-refractivity contribution in [2.24, 2.45) is 17.4 Å². The molecular formula is C15H21N3O2. The summed E-state index contributed by atoms with van der Waals surface area (Å²) in [4.78, 5) is 16.2. The smallest absolute Gasteiger partial charge is 0.254 e. The zero-order chi connectivity index (χ0) is 14.1. The van der Waals surface area contributed by atoms with Gasteiger partial charge in [0.2, 0.25) is 5.88 Å². The lowest BCUT2D eigenvalue weighted by Crippen LogP contribution is -2.38. The molecule has 5 nitrogen and oxygen atoms in total. The fourth-order valence-corrected chi connectivity index (χ4v) is 3.00. The second-order valence-corrected chi connectivity index (χ2v) is 5.83. The number of aryl methyl sites for hydroxylation is 2. The number of rotatable bonds is 4. The maximum Gasteiger partial charge on any atom is 0.254 e. The number of primary amides is 1. The van der Waals surface area contributed by atoms with Gasteiger partial charge in [-0.3, -0.25) is 4.79 Å². The average Bonchev–Trinajstić information content (AvgIpc) is 2.41. The maximum atomic E-state index is 11.6. The van der Waals surface area contributed by atoms with E-state index in [1.54, 1.807) is 0 Å². The van der Waals surface area contributed by atoms with Gasteiger partial charge in [-0.05, 0) is 62.6 Å². The third-order valence-electron chi connectivity index (χ3n) is 4.34. The van der Waals surface area contributed by atoms with E-state index in [4.69, 9.17) is 16.2 Å². The Morgan fingerprint density at radius 2 is 2.10 bits per heavy atom. The standard InChI is InChI=1S/C15H21N3O2/c16-8-9-5-11(6-9)20-15-12(14(17)19)7-10-3-1-2-4-13(10)18-15/h7,9,11H,1-6,8,16H2,(H2,17,19). The summed E-state index contributed by atoms with van der Waals surface area (Å²) in [7, 11) is 0. The van der Waals surface area contributed by atoms with Crippen molar-refractivity contribution in [2.45, 2.75) is 44.6 Å². The molecule has 1 saturated carbocycles. The summed E-state index contributed by atoms with van der Waals surface area (Å²) in [5, 5.41) is 0. The third kappa shape index (κ3) is 2.50. The van der Waals surface area contributed by atoms with Gasteiger partial charge in [-0.15, -0.1) is 0 Å². The van der Waals surface area contributed by atoms with Crippen LogP contribution in [0.3, 0.4) is 0 Å². The molecule has 108 valence electrons. The first-order valence-electron chi connectivity index (χ1n) is 7.36. The number of carbonyl (C=O) groups is 1. The normalized spacial score (nSPS) is 24.6. The summed E-state index contributed by atoms with van der Waals surface area (Å²) in [5.74, 6) is 0.490. The van der Waals surface area contributed by atoms with Crippen LogP contribution in [0.4, 0.5) is 0 Å². The minimum Gasteiger partial charge on any atom is -0.474 e. The first-order valence-corrected chi connectivity index (χ1v) is 7.36. The molecule has 0 bridgehead atoms. The van der Waals surface area contributed by atoms with Gasteiger partial charge in [-0.2, -0.15) is 0 Å². The first-order chi connectivity index (χ1) is 9.67. The lowest BCUT2D eigenvalue weighted by molar-refractivity contribution is 0.0630. The molecular weight excluding hydrogens is 254 g/mol. The molecule has 1 aromatic rings. The SMILES string of the molecule is NCC1CC(Oc2nc3c(cc2C(N)=O)CCCC3)C1. The topological polar surface area (TPSA) is 91.2 Å². The van der Waals surface area contributed by atoms with Crippen LogP contribution in [0, 0.1) is 5.92 Å². The summed E-state index contributed by atoms with van der Waals surface area (Å²) in [6.07, 6.45) is 6.22. The van der Waals surface area contributed by atoms with E-state index < -0.39 is 5.91 Å². The zero-order valence-corrected chi connectivity index (χ0v) is 11.6. The molecule has 2 aliphatic carbocycles. The van der Waals surface area contributed by atoms with Gasteiger partial charge < -0.3 is 16.2 Å². The van der Waals surface area contributed by atoms with E-state index in [9.17, 15) is 4.79 Å². The molecule has 0 aliphatic heterocycles. The Hall–Kier alpha value is -1.62. The van der Waals surface area contributed by atoms with Crippen LogP contribution in [0.1, 0.15) is 47.3 Å². The number of pyridine rings is 1. The Bertz CT molecular complexity index is 524. The van der Waals surface area contributed by atoms with Crippen LogP contribution in [0.25, 0.3) is 0 Å². The van der Waals surface area contributed by atoms with Crippen LogP contribution in [0.2, 0.25) is 0 Å². The number of ether oxygens (including phenoxy) is 1. The van der Waals surface area contributed by atoms with Gasteiger partial charge in [0.25, 0.3) is 5.91 Å². The van der Waals surface area contributed by atoms with Gasteiger partial charge in [-0.1, -0.05) is 0 Å². The summed E-state index contributed by atoms with van der Waals surface area (Å²) in [5.41, 5.74) is 13.7. The van der Waals surface area contributed by atoms with Crippen LogP contribution >= 0.6 is 0 Å². The first kappa shape index (κ1) is 13.4. The van der Waals surface area contributed by atoms with Gasteiger partial charge in [-0.25, -0.2) is 4.98 Å². The van der Waals surface area contributed by atoms with Gasteiger partial charge in [0, 0.05) is 5.69 Å². The van der Waals surface area contributed by atoms with E-state index in [1.165, 1.54) is 0 Å². The number of nitrogens with zero attached hydrogens (tertiary/aromatic N) is 1. The van der Waals surface area contributed by atoms with Gasteiger partial charge in [0.15, 0.2) is 0 Å². The Balaban J connectivity index is 1.83. The average molecular weight is 275 g/mol. The minimum atomic E-state index is -0.462. The monoisotopic (exact) mass is 275 g/mol. The van der Waals surface area contributed by atoms with Crippen LogP contribution in [0.15, 0.2) is 6.07 Å². The van der Waals surface area contributed by atoms with Crippen molar-refractivity contribution < 1.29 is 9.53 Å². The van der Waals surface area contributed by atoms with Gasteiger partial charge in [0.1, 0.15) is 11.7 Å². The Morgan fingerprint density at radius 1 is 1.35 bits per heavy atom. The number of carbonyl (C=O) groups excluding carboxylic acids is 1. The molecule has 1 amide bonds. The van der Waals surface area contributed by atoms with Crippen LogP contribution < -0.4 is 16.2 Å². The van der Waals surface area contributed by atoms with Gasteiger partial charge >= 0.3 is 0 Å². The van der Waals surface area contributed by atoms with E-state index in [0.29, 0.717) is 23.9 Å². The summed E-state index contributed by atoms with van der Waals surface area (Å²) in [6.45, 7) is 0.695. The number of nitrogens with two attached hydrogens (primary N) is 2. The second kappa shape index (κ2) is 5.40. The van der Waals surface area contributed by atoms with E-state index in [-0.39, 0.29) is 6.10 Å². The number of hydrogen-bond acceptors (Lipinski definition) is 4. The highest BCUT2D eigenvalue weighted by Gasteiger charge is 2.31. The highest BCUT2D eigenvalue weighted by molar-refractivity contribution is 5.95. The van der Waals surface area contributed by atoms with Gasteiger partial charge in [0.05, 0.1) is 0 Å². The van der Waals surface area contributed by atoms with Crippen LogP contribution in [-0.4, -0.2) is 23.5 Å². The number of aromatic nitrogens is 1. The molecule has 0 saturated heterocycles. The lowest BCUT2D eigenvalue weighted by atomic mass is 9.82. The molecule has 0 atom stereocenters. The highest BCUT2D eigenvalue weighted by atomic mass is 16.5. The molecule has 5 heteroatoms. The van der Waals surface area contributed by atoms with Crippen molar-refractivity contribution >= 4 is 5.91 Å². The van der Waals surface area contributed by atoms with Crippen molar-refractivity contribution in [1.82, 2.24) is 4.98 Å². The van der Waals surface area contributed by atoms with Crippen molar-refractivity contribution in [2.75, 3.05) is 6.54 Å². The molecule has 20 heavy (non-hydrogen) atoms. The molecule has 1 fully saturated rings. The largest absolute Gasteiger partial charge is 0.474 e. The van der Waals surface area contributed by atoms with E-state index in [0.717, 1.165) is 49.8 Å². The zero-order valence-electron chi connectivity index (χ0n) is 11.6. The fraction of sp³-hybridized carbons (Fsp3) is 0.600. The number of fused-ring (bicyclic) bond motifs is 1. The lowest BCUT2D eigenvalue weighted by Gasteiger charge is -2.34. The predicted molar refractivity (Wildman–Crippen MR) is 75.6 cm³/mol. The maximum absolute atomic E-state index is 11.6. The molecule has 1 aromatic heterocycles.